The lowest BCUT2D eigenvalue weighted by Crippen LogP contribution is -2.41. The predicted octanol–water partition coefficient (Wildman–Crippen LogP) is 2.71. The first-order valence-corrected chi connectivity index (χ1v) is 8.15. The lowest BCUT2D eigenvalue weighted by molar-refractivity contribution is -0.142. The van der Waals surface area contributed by atoms with Crippen molar-refractivity contribution in [2.45, 2.75) is 25.7 Å². The molecule has 1 heterocycles. The molecule has 0 saturated heterocycles. The number of benzene rings is 1. The first-order valence-electron chi connectivity index (χ1n) is 8.15. The maximum absolute atomic E-state index is 13.2. The van der Waals surface area contributed by atoms with Crippen LogP contribution in [-0.4, -0.2) is 35.4 Å². The number of rotatable bonds is 6. The third-order valence-electron chi connectivity index (χ3n) is 3.53. The zero-order chi connectivity index (χ0) is 20.0. The molecule has 10 heteroatoms. The van der Waals surface area contributed by atoms with Gasteiger partial charge in [0.15, 0.2) is 11.7 Å². The van der Waals surface area contributed by atoms with Gasteiger partial charge in [-0.05, 0) is 19.1 Å². The van der Waals surface area contributed by atoms with Gasteiger partial charge in [-0.15, -0.1) is 0 Å². The van der Waals surface area contributed by atoms with E-state index in [-0.39, 0.29) is 18.2 Å². The Balaban J connectivity index is 1.88. The molecular formula is C17H21F4N5O. The molecule has 148 valence electrons. The fraction of sp³-hybridized carbons (Fsp3) is 0.412. The number of aromatic nitrogens is 2. The third-order valence-corrected chi connectivity index (χ3v) is 3.53. The molecule has 0 saturated carbocycles. The molecular weight excluding hydrogens is 366 g/mol. The van der Waals surface area contributed by atoms with Crippen molar-refractivity contribution in [2.75, 3.05) is 13.6 Å². The Labute approximate surface area is 154 Å². The van der Waals surface area contributed by atoms with Crippen molar-refractivity contribution in [1.29, 1.82) is 0 Å². The van der Waals surface area contributed by atoms with E-state index in [1.165, 1.54) is 38.5 Å². The van der Waals surface area contributed by atoms with Gasteiger partial charge in [0.1, 0.15) is 17.7 Å². The number of aliphatic imine (C=N–C) groups is 1. The topological polar surface area (TPSA) is 63.5 Å². The average Bonchev–Trinajstić information content (AvgIpc) is 2.96. The van der Waals surface area contributed by atoms with E-state index >= 15 is 0 Å². The van der Waals surface area contributed by atoms with Crippen molar-refractivity contribution < 1.29 is 22.3 Å². The third kappa shape index (κ3) is 6.15. The number of hydrogen-bond acceptors (Lipinski definition) is 3. The van der Waals surface area contributed by atoms with Gasteiger partial charge >= 0.3 is 6.18 Å². The van der Waals surface area contributed by atoms with Crippen LogP contribution in [-0.2, 0) is 19.8 Å². The number of hydrogen-bond donors (Lipinski definition) is 2. The van der Waals surface area contributed by atoms with Crippen LogP contribution in [0, 0.1) is 5.82 Å². The second-order valence-electron chi connectivity index (χ2n) is 5.87. The molecule has 1 unspecified atom stereocenters. The summed E-state index contributed by atoms with van der Waals surface area (Å²) in [6.45, 7) is 1.99. The monoisotopic (exact) mass is 387 g/mol. The Morgan fingerprint density at radius 1 is 1.33 bits per heavy atom. The van der Waals surface area contributed by atoms with Gasteiger partial charge in [0, 0.05) is 38.5 Å². The Hall–Kier alpha value is -2.78. The number of aryl methyl sites for hydroxylation is 1. The molecule has 0 aliphatic rings. The van der Waals surface area contributed by atoms with Gasteiger partial charge in [0.05, 0.1) is 6.54 Å². The van der Waals surface area contributed by atoms with Crippen molar-refractivity contribution in [3.63, 3.8) is 0 Å². The summed E-state index contributed by atoms with van der Waals surface area (Å²) in [4.78, 5) is 3.97. The number of nitrogens with zero attached hydrogens (tertiary/aromatic N) is 3. The van der Waals surface area contributed by atoms with Crippen LogP contribution < -0.4 is 15.4 Å². The molecule has 27 heavy (non-hydrogen) atoms. The van der Waals surface area contributed by atoms with Gasteiger partial charge in [-0.25, -0.2) is 4.39 Å². The minimum absolute atomic E-state index is 0.0111. The largest absolute Gasteiger partial charge is 0.489 e. The van der Waals surface area contributed by atoms with Crippen molar-refractivity contribution >= 4 is 5.96 Å². The van der Waals surface area contributed by atoms with E-state index in [9.17, 15) is 17.6 Å². The molecule has 0 amide bonds. The highest BCUT2D eigenvalue weighted by Gasteiger charge is 2.36. The van der Waals surface area contributed by atoms with Crippen LogP contribution in [0.4, 0.5) is 17.6 Å². The minimum Gasteiger partial charge on any atom is -0.489 e. The van der Waals surface area contributed by atoms with E-state index in [0.717, 1.165) is 4.68 Å². The molecule has 2 rings (SSSR count). The van der Waals surface area contributed by atoms with Crippen LogP contribution in [0.2, 0.25) is 0 Å². The zero-order valence-electron chi connectivity index (χ0n) is 15.1. The summed E-state index contributed by atoms with van der Waals surface area (Å²) in [6.07, 6.45) is -3.55. The second-order valence-corrected chi connectivity index (χ2v) is 5.87. The minimum atomic E-state index is -4.53. The first kappa shape index (κ1) is 20.5. The zero-order valence-corrected chi connectivity index (χ0v) is 15.1. The summed E-state index contributed by atoms with van der Waals surface area (Å²) in [6, 6.07) is 5.75. The summed E-state index contributed by atoms with van der Waals surface area (Å²) in [5, 5.41) is 9.22. The summed E-state index contributed by atoms with van der Waals surface area (Å²) in [5.41, 5.74) is -0.923. The summed E-state index contributed by atoms with van der Waals surface area (Å²) in [7, 11) is 2.93. The van der Waals surface area contributed by atoms with E-state index < -0.39 is 17.7 Å². The van der Waals surface area contributed by atoms with Gasteiger partial charge in [0.2, 0.25) is 0 Å². The van der Waals surface area contributed by atoms with Crippen LogP contribution in [0.15, 0.2) is 35.5 Å². The van der Waals surface area contributed by atoms with Crippen LogP contribution in [0.1, 0.15) is 18.2 Å². The summed E-state index contributed by atoms with van der Waals surface area (Å²) >= 11 is 0. The first-order chi connectivity index (χ1) is 12.7. The molecule has 0 fully saturated rings. The highest BCUT2D eigenvalue weighted by Crippen LogP contribution is 2.30. The van der Waals surface area contributed by atoms with Gasteiger partial charge in [-0.2, -0.15) is 18.3 Å². The van der Waals surface area contributed by atoms with Crippen molar-refractivity contribution in [3.8, 4) is 5.75 Å². The van der Waals surface area contributed by atoms with Gasteiger partial charge in [-0.1, -0.05) is 6.07 Å². The molecule has 1 atom stereocenters. The van der Waals surface area contributed by atoms with Crippen LogP contribution in [0.5, 0.6) is 5.75 Å². The summed E-state index contributed by atoms with van der Waals surface area (Å²) < 4.78 is 58.7. The van der Waals surface area contributed by atoms with Crippen molar-refractivity contribution in [3.05, 3.63) is 47.5 Å². The Morgan fingerprint density at radius 2 is 2.07 bits per heavy atom. The van der Waals surface area contributed by atoms with E-state index in [1.807, 2.05) is 0 Å². The quantitative estimate of drug-likeness (QED) is 0.455. The molecule has 1 aromatic heterocycles. The molecule has 1 aromatic carbocycles. The SMILES string of the molecule is CN=C(NCc1cn(C)nc1C(F)(F)F)NCC(C)Oc1cccc(F)c1. The molecule has 0 bridgehead atoms. The standard InChI is InChI=1S/C17H21F4N5O/c1-11(27-14-6-4-5-13(18)7-14)8-23-16(22-2)24-9-12-10-26(3)25-15(12)17(19,20)21/h4-7,10-11H,8-9H2,1-3H3,(H2,22,23,24). The Morgan fingerprint density at radius 3 is 2.70 bits per heavy atom. The number of ether oxygens (including phenoxy) is 1. The van der Waals surface area contributed by atoms with E-state index in [4.69, 9.17) is 4.74 Å². The lowest BCUT2D eigenvalue weighted by Gasteiger charge is -2.18. The van der Waals surface area contributed by atoms with Crippen LogP contribution in [0.25, 0.3) is 0 Å². The number of guanidine groups is 1. The number of alkyl halides is 3. The van der Waals surface area contributed by atoms with Gasteiger partial charge in [-0.3, -0.25) is 9.67 Å². The number of nitrogens with one attached hydrogen (secondary N) is 2. The molecule has 0 aliphatic heterocycles. The maximum atomic E-state index is 13.2. The second kappa shape index (κ2) is 8.74. The molecule has 0 aliphatic carbocycles. The molecule has 0 radical (unpaired) electrons. The highest BCUT2D eigenvalue weighted by atomic mass is 19.4. The predicted molar refractivity (Wildman–Crippen MR) is 92.9 cm³/mol. The molecule has 2 aromatic rings. The number of halogens is 4. The summed E-state index contributed by atoms with van der Waals surface area (Å²) in [5.74, 6) is 0.293. The van der Waals surface area contributed by atoms with Crippen molar-refractivity contribution in [1.82, 2.24) is 20.4 Å². The molecule has 6 nitrogen and oxygen atoms in total. The normalized spacial score (nSPS) is 13.4. The van der Waals surface area contributed by atoms with Crippen molar-refractivity contribution in [2.24, 2.45) is 12.0 Å². The smallest absolute Gasteiger partial charge is 0.435 e. The Kier molecular flexibility index (Phi) is 6.65. The van der Waals surface area contributed by atoms with Gasteiger partial charge in [0.25, 0.3) is 0 Å². The van der Waals surface area contributed by atoms with E-state index in [0.29, 0.717) is 18.3 Å². The van der Waals surface area contributed by atoms with E-state index in [1.54, 1.807) is 13.0 Å². The van der Waals surface area contributed by atoms with E-state index in [2.05, 4.69) is 20.7 Å². The van der Waals surface area contributed by atoms with Crippen LogP contribution in [0.3, 0.4) is 0 Å². The molecule has 0 spiro atoms. The fourth-order valence-electron chi connectivity index (χ4n) is 2.36. The molecule has 2 N–H and O–H groups in total. The van der Waals surface area contributed by atoms with Gasteiger partial charge < -0.3 is 15.4 Å². The van der Waals surface area contributed by atoms with Crippen LogP contribution >= 0.6 is 0 Å². The highest BCUT2D eigenvalue weighted by molar-refractivity contribution is 5.79. The maximum Gasteiger partial charge on any atom is 0.435 e. The Bertz CT molecular complexity index is 788. The fourth-order valence-corrected chi connectivity index (χ4v) is 2.36. The average molecular weight is 387 g/mol. The lowest BCUT2D eigenvalue weighted by atomic mass is 10.2.